The second-order valence-corrected chi connectivity index (χ2v) is 3.55. The van der Waals surface area contributed by atoms with Gasteiger partial charge >= 0.3 is 0 Å². The molecule has 0 aromatic carbocycles. The molecule has 0 unspecified atom stereocenters. The fraction of sp³-hybridized carbons (Fsp3) is 0.889. The second-order valence-electron chi connectivity index (χ2n) is 3.55. The van der Waals surface area contributed by atoms with Crippen LogP contribution in [0.25, 0.3) is 0 Å². The molecule has 0 bridgehead atoms. The molecule has 0 spiro atoms. The number of fused-ring (bicyclic) bond motifs is 1. The number of rotatable bonds is 0. The van der Waals surface area contributed by atoms with Gasteiger partial charge in [0.1, 0.15) is 0 Å². The molecule has 2 fully saturated rings. The van der Waals surface area contributed by atoms with E-state index in [2.05, 4.69) is 6.42 Å². The van der Waals surface area contributed by atoms with Gasteiger partial charge in [0.05, 0.1) is 0 Å². The summed E-state index contributed by atoms with van der Waals surface area (Å²) in [6.45, 7) is 0. The maximum absolute atomic E-state index is 2.49. The van der Waals surface area contributed by atoms with Gasteiger partial charge in [-0.2, -0.15) is 0 Å². The van der Waals surface area contributed by atoms with Crippen LogP contribution >= 0.6 is 0 Å². The maximum Gasteiger partial charge on any atom is -0.0383 e. The van der Waals surface area contributed by atoms with Crippen molar-refractivity contribution in [3.8, 4) is 0 Å². The molecule has 0 amide bonds. The van der Waals surface area contributed by atoms with Crippen molar-refractivity contribution in [1.82, 2.24) is 0 Å². The largest absolute Gasteiger partial charge is 0.0528 e. The van der Waals surface area contributed by atoms with Gasteiger partial charge in [-0.3, -0.25) is 0 Å². The Labute approximate surface area is 57.6 Å². The Balaban J connectivity index is 1.97. The Morgan fingerprint density at radius 2 is 1.89 bits per heavy atom. The highest BCUT2D eigenvalue weighted by atomic mass is 14.3. The normalized spacial score (nSPS) is 42.7. The summed E-state index contributed by atoms with van der Waals surface area (Å²) in [5.74, 6) is 2.24. The van der Waals surface area contributed by atoms with Crippen LogP contribution in [-0.2, 0) is 0 Å². The average Bonchev–Trinajstić information content (AvgIpc) is 2.33. The van der Waals surface area contributed by atoms with Crippen LogP contribution in [0.15, 0.2) is 0 Å². The molecule has 2 aliphatic rings. The SMILES string of the molecule is [CH]1CC[C@@H]2CCC[C@H]2C1. The predicted octanol–water partition coefficient (Wildman–Crippen LogP) is 2.79. The summed E-state index contributed by atoms with van der Waals surface area (Å²) in [7, 11) is 0. The lowest BCUT2D eigenvalue weighted by atomic mass is 9.82. The fourth-order valence-corrected chi connectivity index (χ4v) is 2.47. The van der Waals surface area contributed by atoms with Gasteiger partial charge in [-0.05, 0) is 37.5 Å². The van der Waals surface area contributed by atoms with Gasteiger partial charge in [0.25, 0.3) is 0 Å². The lowest BCUT2D eigenvalue weighted by Crippen LogP contribution is -2.12. The lowest BCUT2D eigenvalue weighted by Gasteiger charge is -2.24. The molecule has 9 heavy (non-hydrogen) atoms. The van der Waals surface area contributed by atoms with Gasteiger partial charge in [-0.25, -0.2) is 0 Å². The van der Waals surface area contributed by atoms with Crippen LogP contribution in [0.2, 0.25) is 0 Å². The third kappa shape index (κ3) is 0.997. The summed E-state index contributed by atoms with van der Waals surface area (Å²) in [5, 5.41) is 0. The minimum absolute atomic E-state index is 1.11. The Morgan fingerprint density at radius 1 is 1.00 bits per heavy atom. The average molecular weight is 123 g/mol. The summed E-state index contributed by atoms with van der Waals surface area (Å²) >= 11 is 0. The number of hydrogen-bond donors (Lipinski definition) is 0. The molecule has 2 rings (SSSR count). The van der Waals surface area contributed by atoms with E-state index < -0.39 is 0 Å². The van der Waals surface area contributed by atoms with Crippen molar-refractivity contribution < 1.29 is 0 Å². The standard InChI is InChI=1S/C9H15/c1-2-5-9-7-3-6-8(9)4-1/h1,8-9H,2-7H2/t8-,9-/m1/s1. The van der Waals surface area contributed by atoms with Crippen LogP contribution in [0.1, 0.15) is 38.5 Å². The van der Waals surface area contributed by atoms with Crippen molar-refractivity contribution in [3.63, 3.8) is 0 Å². The zero-order valence-corrected chi connectivity index (χ0v) is 5.97. The van der Waals surface area contributed by atoms with Crippen LogP contribution in [0.4, 0.5) is 0 Å². The first-order valence-corrected chi connectivity index (χ1v) is 4.28. The van der Waals surface area contributed by atoms with Crippen LogP contribution in [0, 0.1) is 18.3 Å². The van der Waals surface area contributed by atoms with E-state index in [4.69, 9.17) is 0 Å². The highest BCUT2D eigenvalue weighted by Gasteiger charge is 2.28. The van der Waals surface area contributed by atoms with Crippen molar-refractivity contribution >= 4 is 0 Å². The van der Waals surface area contributed by atoms with Crippen LogP contribution in [0.5, 0.6) is 0 Å². The molecule has 0 N–H and O–H groups in total. The monoisotopic (exact) mass is 123 g/mol. The summed E-state index contributed by atoms with van der Waals surface area (Å²) in [5.41, 5.74) is 0. The molecule has 0 heterocycles. The topological polar surface area (TPSA) is 0 Å². The van der Waals surface area contributed by atoms with Crippen molar-refractivity contribution in [2.24, 2.45) is 11.8 Å². The quantitative estimate of drug-likeness (QED) is 0.464. The Kier molecular flexibility index (Phi) is 1.48. The molecular weight excluding hydrogens is 108 g/mol. The van der Waals surface area contributed by atoms with Crippen molar-refractivity contribution in [1.29, 1.82) is 0 Å². The van der Waals surface area contributed by atoms with Crippen LogP contribution < -0.4 is 0 Å². The van der Waals surface area contributed by atoms with E-state index in [9.17, 15) is 0 Å². The highest BCUT2D eigenvalue weighted by molar-refractivity contribution is 4.87. The molecule has 0 aromatic heterocycles. The zero-order chi connectivity index (χ0) is 6.10. The van der Waals surface area contributed by atoms with Crippen molar-refractivity contribution in [3.05, 3.63) is 6.42 Å². The van der Waals surface area contributed by atoms with Gasteiger partial charge in [-0.1, -0.05) is 19.3 Å². The van der Waals surface area contributed by atoms with Crippen molar-refractivity contribution in [2.75, 3.05) is 0 Å². The van der Waals surface area contributed by atoms with E-state index in [1.54, 1.807) is 6.42 Å². The molecule has 2 atom stereocenters. The lowest BCUT2D eigenvalue weighted by molar-refractivity contribution is 0.319. The first-order chi connectivity index (χ1) is 4.47. The summed E-state index contributed by atoms with van der Waals surface area (Å²) in [6.07, 6.45) is 11.4. The zero-order valence-electron chi connectivity index (χ0n) is 5.97. The fourth-order valence-electron chi connectivity index (χ4n) is 2.47. The van der Waals surface area contributed by atoms with E-state index >= 15 is 0 Å². The maximum atomic E-state index is 2.49. The van der Waals surface area contributed by atoms with E-state index in [-0.39, 0.29) is 0 Å². The van der Waals surface area contributed by atoms with Crippen LogP contribution in [0.3, 0.4) is 0 Å². The number of hydrogen-bond acceptors (Lipinski definition) is 0. The Hall–Kier alpha value is 0. The summed E-state index contributed by atoms with van der Waals surface area (Å²) in [4.78, 5) is 0. The molecule has 2 aliphatic carbocycles. The van der Waals surface area contributed by atoms with E-state index in [0.717, 1.165) is 11.8 Å². The van der Waals surface area contributed by atoms with Gasteiger partial charge in [-0.15, -0.1) is 0 Å². The van der Waals surface area contributed by atoms with Crippen molar-refractivity contribution in [2.45, 2.75) is 38.5 Å². The minimum atomic E-state index is 1.11. The molecule has 0 aliphatic heterocycles. The van der Waals surface area contributed by atoms with Gasteiger partial charge in [0.15, 0.2) is 0 Å². The predicted molar refractivity (Wildman–Crippen MR) is 39.0 cm³/mol. The molecular formula is C9H15. The first-order valence-electron chi connectivity index (χ1n) is 4.28. The second kappa shape index (κ2) is 2.32. The molecule has 0 saturated heterocycles. The van der Waals surface area contributed by atoms with Gasteiger partial charge in [0.2, 0.25) is 0 Å². The first kappa shape index (κ1) is 5.76. The minimum Gasteiger partial charge on any atom is -0.0528 e. The van der Waals surface area contributed by atoms with Gasteiger partial charge < -0.3 is 0 Å². The molecule has 0 heteroatoms. The Morgan fingerprint density at radius 3 is 2.78 bits per heavy atom. The molecule has 0 nitrogen and oxygen atoms in total. The van der Waals surface area contributed by atoms with Crippen LogP contribution in [-0.4, -0.2) is 0 Å². The summed E-state index contributed by atoms with van der Waals surface area (Å²) in [6, 6.07) is 0. The Bertz CT molecular complexity index is 84.2. The third-order valence-corrected chi connectivity index (χ3v) is 3.03. The summed E-state index contributed by atoms with van der Waals surface area (Å²) < 4.78 is 0. The highest BCUT2D eigenvalue weighted by Crippen LogP contribution is 2.41. The van der Waals surface area contributed by atoms with E-state index in [1.807, 2.05) is 0 Å². The van der Waals surface area contributed by atoms with E-state index in [0.29, 0.717) is 0 Å². The smallest absolute Gasteiger partial charge is 0.0383 e. The van der Waals surface area contributed by atoms with Gasteiger partial charge in [0, 0.05) is 0 Å². The van der Waals surface area contributed by atoms with E-state index in [1.165, 1.54) is 32.1 Å². The molecule has 0 aromatic rings. The molecule has 1 radical (unpaired) electrons. The molecule has 51 valence electrons. The molecule has 2 saturated carbocycles. The third-order valence-electron chi connectivity index (χ3n) is 3.03.